The Bertz CT molecular complexity index is 903. The molecule has 2 aromatic rings. The van der Waals surface area contributed by atoms with Crippen LogP contribution in [0.15, 0.2) is 24.5 Å². The predicted octanol–water partition coefficient (Wildman–Crippen LogP) is 2.90. The SMILES string of the molecule is CC1CC2(CC(c3cnn(CCS(C)=O)c3)N1)OCCc1cc(O)c(Cl)cc12. The average molecular weight is 424 g/mol. The predicted molar refractivity (Wildman–Crippen MR) is 110 cm³/mol. The van der Waals surface area contributed by atoms with Gasteiger partial charge in [-0.05, 0) is 43.0 Å². The lowest BCUT2D eigenvalue weighted by Crippen LogP contribution is -2.50. The monoisotopic (exact) mass is 423 g/mol. The quantitative estimate of drug-likeness (QED) is 0.790. The molecule has 2 aliphatic heterocycles. The smallest absolute Gasteiger partial charge is 0.134 e. The van der Waals surface area contributed by atoms with Gasteiger partial charge in [0.05, 0.1) is 30.0 Å². The van der Waals surface area contributed by atoms with Gasteiger partial charge >= 0.3 is 0 Å². The lowest BCUT2D eigenvalue weighted by atomic mass is 9.74. The van der Waals surface area contributed by atoms with Crippen molar-refractivity contribution in [3.8, 4) is 5.75 Å². The second-order valence-electron chi connectivity index (χ2n) is 7.90. The van der Waals surface area contributed by atoms with Gasteiger partial charge in [-0.2, -0.15) is 5.10 Å². The summed E-state index contributed by atoms with van der Waals surface area (Å²) in [6.45, 7) is 3.44. The van der Waals surface area contributed by atoms with Crippen molar-refractivity contribution in [2.75, 3.05) is 18.6 Å². The molecule has 0 saturated carbocycles. The molecule has 0 radical (unpaired) electrons. The first-order chi connectivity index (χ1) is 13.4. The van der Waals surface area contributed by atoms with E-state index in [1.165, 1.54) is 0 Å². The van der Waals surface area contributed by atoms with Crippen molar-refractivity contribution >= 4 is 22.4 Å². The Kier molecular flexibility index (Phi) is 5.53. The lowest BCUT2D eigenvalue weighted by Gasteiger charge is -2.47. The molecule has 1 fully saturated rings. The van der Waals surface area contributed by atoms with Gasteiger partial charge in [-0.1, -0.05) is 11.6 Å². The van der Waals surface area contributed by atoms with Gasteiger partial charge in [0.2, 0.25) is 0 Å². The Labute approximate surface area is 172 Å². The number of aryl methyl sites for hydroxylation is 1. The summed E-state index contributed by atoms with van der Waals surface area (Å²) in [6.07, 6.45) is 8.02. The molecular weight excluding hydrogens is 398 g/mol. The van der Waals surface area contributed by atoms with E-state index < -0.39 is 16.4 Å². The fourth-order valence-electron chi connectivity index (χ4n) is 4.49. The zero-order valence-electron chi connectivity index (χ0n) is 16.2. The summed E-state index contributed by atoms with van der Waals surface area (Å²) in [5, 5.41) is 18.5. The fraction of sp³-hybridized carbons (Fsp3) is 0.550. The molecule has 4 rings (SSSR count). The molecule has 3 heterocycles. The molecule has 4 atom stereocenters. The summed E-state index contributed by atoms with van der Waals surface area (Å²) >= 11 is 6.24. The van der Waals surface area contributed by atoms with Crippen LogP contribution in [0.1, 0.15) is 42.5 Å². The van der Waals surface area contributed by atoms with Crippen molar-refractivity contribution in [3.63, 3.8) is 0 Å². The van der Waals surface area contributed by atoms with Gasteiger partial charge in [0, 0.05) is 53.1 Å². The van der Waals surface area contributed by atoms with E-state index in [1.54, 1.807) is 12.3 Å². The van der Waals surface area contributed by atoms with Gasteiger partial charge in [-0.3, -0.25) is 8.89 Å². The van der Waals surface area contributed by atoms with E-state index in [2.05, 4.69) is 17.3 Å². The number of aromatic nitrogens is 2. The maximum absolute atomic E-state index is 11.4. The fourth-order valence-corrected chi connectivity index (χ4v) is 5.10. The highest BCUT2D eigenvalue weighted by molar-refractivity contribution is 7.84. The molecule has 6 nitrogen and oxygen atoms in total. The van der Waals surface area contributed by atoms with Crippen molar-refractivity contribution in [2.24, 2.45) is 0 Å². The Hall–Kier alpha value is -1.41. The Balaban J connectivity index is 1.63. The molecule has 4 unspecified atom stereocenters. The number of rotatable bonds is 4. The molecule has 152 valence electrons. The van der Waals surface area contributed by atoms with Crippen LogP contribution in [0, 0.1) is 0 Å². The third-order valence-electron chi connectivity index (χ3n) is 5.73. The van der Waals surface area contributed by atoms with Crippen molar-refractivity contribution < 1.29 is 14.1 Å². The number of halogens is 1. The van der Waals surface area contributed by atoms with E-state index in [0.29, 0.717) is 23.9 Å². The molecule has 2 N–H and O–H groups in total. The number of benzene rings is 1. The number of hydrogen-bond acceptors (Lipinski definition) is 5. The van der Waals surface area contributed by atoms with Gasteiger partial charge < -0.3 is 15.2 Å². The number of hydrogen-bond donors (Lipinski definition) is 2. The second-order valence-corrected chi connectivity index (χ2v) is 9.86. The Morgan fingerprint density at radius 2 is 2.29 bits per heavy atom. The van der Waals surface area contributed by atoms with Gasteiger partial charge in [-0.15, -0.1) is 0 Å². The van der Waals surface area contributed by atoms with E-state index in [1.807, 2.05) is 23.1 Å². The van der Waals surface area contributed by atoms with Crippen molar-refractivity contribution in [1.82, 2.24) is 15.1 Å². The minimum Gasteiger partial charge on any atom is -0.506 e. The highest BCUT2D eigenvalue weighted by atomic mass is 35.5. The van der Waals surface area contributed by atoms with Crippen LogP contribution in [0.4, 0.5) is 0 Å². The first-order valence-electron chi connectivity index (χ1n) is 9.60. The maximum atomic E-state index is 11.4. The maximum Gasteiger partial charge on any atom is 0.134 e. The third-order valence-corrected chi connectivity index (χ3v) is 6.79. The van der Waals surface area contributed by atoms with Crippen molar-refractivity contribution in [3.05, 3.63) is 46.2 Å². The number of nitrogens with zero attached hydrogens (tertiary/aromatic N) is 2. The summed E-state index contributed by atoms with van der Waals surface area (Å²) in [4.78, 5) is 0. The van der Waals surface area contributed by atoms with Crippen LogP contribution >= 0.6 is 11.6 Å². The molecular formula is C20H26ClN3O3S. The highest BCUT2D eigenvalue weighted by Crippen LogP contribution is 2.48. The number of ether oxygens (including phenoxy) is 1. The van der Waals surface area contributed by atoms with E-state index in [-0.39, 0.29) is 17.8 Å². The minimum atomic E-state index is -0.835. The molecule has 1 aromatic heterocycles. The zero-order valence-corrected chi connectivity index (χ0v) is 17.7. The highest BCUT2D eigenvalue weighted by Gasteiger charge is 2.45. The summed E-state index contributed by atoms with van der Waals surface area (Å²) in [5.74, 6) is 0.725. The number of phenols is 1. The largest absolute Gasteiger partial charge is 0.506 e. The number of fused-ring (bicyclic) bond motifs is 2. The van der Waals surface area contributed by atoms with E-state index >= 15 is 0 Å². The number of nitrogens with one attached hydrogen (secondary N) is 1. The minimum absolute atomic E-state index is 0.100. The van der Waals surface area contributed by atoms with Crippen LogP contribution in [0.5, 0.6) is 5.75 Å². The first kappa shape index (κ1) is 19.9. The summed E-state index contributed by atoms with van der Waals surface area (Å²) in [5.41, 5.74) is 2.89. The second kappa shape index (κ2) is 7.78. The topological polar surface area (TPSA) is 76.4 Å². The summed E-state index contributed by atoms with van der Waals surface area (Å²) in [6, 6.07) is 4.01. The normalized spacial score (nSPS) is 28.2. The Morgan fingerprint density at radius 1 is 1.46 bits per heavy atom. The third kappa shape index (κ3) is 3.85. The van der Waals surface area contributed by atoms with Crippen LogP contribution in [0.2, 0.25) is 5.02 Å². The number of phenolic OH excluding ortho intramolecular Hbond substituents is 1. The summed E-state index contributed by atoms with van der Waals surface area (Å²) in [7, 11) is -0.835. The van der Waals surface area contributed by atoms with Crippen LogP contribution in [0.3, 0.4) is 0 Å². The van der Waals surface area contributed by atoms with Crippen LogP contribution < -0.4 is 5.32 Å². The molecule has 0 amide bonds. The summed E-state index contributed by atoms with van der Waals surface area (Å²) < 4.78 is 19.6. The molecule has 0 aliphatic carbocycles. The standard InChI is InChI=1S/C20H26ClN3O3S/c1-13-9-20(16-8-17(21)19(25)7-14(16)3-5-27-20)10-18(23-13)15-11-22-24(12-15)4-6-28(2)26/h7-8,11-13,18,23,25H,3-6,9-10H2,1-2H3. The van der Waals surface area contributed by atoms with E-state index in [0.717, 1.165) is 36.0 Å². The van der Waals surface area contributed by atoms with Gasteiger partial charge in [0.1, 0.15) is 5.75 Å². The molecule has 1 saturated heterocycles. The van der Waals surface area contributed by atoms with Crippen LogP contribution in [0.25, 0.3) is 0 Å². The van der Waals surface area contributed by atoms with Gasteiger partial charge in [-0.25, -0.2) is 0 Å². The van der Waals surface area contributed by atoms with Crippen LogP contribution in [-0.4, -0.2) is 43.8 Å². The van der Waals surface area contributed by atoms with E-state index in [4.69, 9.17) is 16.3 Å². The van der Waals surface area contributed by atoms with Gasteiger partial charge in [0.15, 0.2) is 0 Å². The van der Waals surface area contributed by atoms with Crippen molar-refractivity contribution in [1.29, 1.82) is 0 Å². The van der Waals surface area contributed by atoms with Crippen molar-refractivity contribution in [2.45, 2.75) is 50.4 Å². The number of piperidine rings is 1. The molecule has 8 heteroatoms. The molecule has 0 bridgehead atoms. The van der Waals surface area contributed by atoms with Gasteiger partial charge in [0.25, 0.3) is 0 Å². The molecule has 28 heavy (non-hydrogen) atoms. The molecule has 1 aromatic carbocycles. The molecule has 1 spiro atoms. The first-order valence-corrected chi connectivity index (χ1v) is 11.7. The zero-order chi connectivity index (χ0) is 19.9. The number of aromatic hydroxyl groups is 1. The Morgan fingerprint density at radius 3 is 3.07 bits per heavy atom. The molecule has 2 aliphatic rings. The van der Waals surface area contributed by atoms with Crippen LogP contribution in [-0.2, 0) is 34.1 Å². The average Bonchev–Trinajstić information content (AvgIpc) is 3.11. The lowest BCUT2D eigenvalue weighted by molar-refractivity contribution is -0.0984. The van der Waals surface area contributed by atoms with E-state index in [9.17, 15) is 9.32 Å².